The van der Waals surface area contributed by atoms with Crippen molar-refractivity contribution in [2.24, 2.45) is 0 Å². The van der Waals surface area contributed by atoms with E-state index in [1.165, 1.54) is 12.1 Å². The van der Waals surface area contributed by atoms with Crippen molar-refractivity contribution in [2.45, 2.75) is 12.8 Å². The van der Waals surface area contributed by atoms with E-state index in [4.69, 9.17) is 9.52 Å². The van der Waals surface area contributed by atoms with Crippen LogP contribution in [0, 0.1) is 5.82 Å². The maximum atomic E-state index is 12.7. The van der Waals surface area contributed by atoms with E-state index in [9.17, 15) is 4.39 Å². The average molecular weight is 221 g/mol. The second-order valence-corrected chi connectivity index (χ2v) is 3.46. The monoisotopic (exact) mass is 221 g/mol. The highest BCUT2D eigenvalue weighted by Gasteiger charge is 2.05. The fraction of sp³-hybridized carbons (Fsp3) is 0.250. The first-order chi connectivity index (χ1) is 7.79. The molecule has 0 unspecified atom stereocenters. The van der Waals surface area contributed by atoms with Crippen LogP contribution in [0.3, 0.4) is 0 Å². The molecule has 1 heterocycles. The lowest BCUT2D eigenvalue weighted by atomic mass is 10.2. The van der Waals surface area contributed by atoms with Crippen LogP contribution in [-0.4, -0.2) is 16.7 Å². The third-order valence-corrected chi connectivity index (χ3v) is 2.24. The quantitative estimate of drug-likeness (QED) is 0.862. The number of aliphatic hydroxyl groups excluding tert-OH is 1. The molecule has 4 heteroatoms. The normalized spacial score (nSPS) is 10.6. The van der Waals surface area contributed by atoms with Crippen molar-refractivity contribution in [2.75, 3.05) is 6.61 Å². The summed E-state index contributed by atoms with van der Waals surface area (Å²) >= 11 is 0. The van der Waals surface area contributed by atoms with Gasteiger partial charge in [0, 0.05) is 18.6 Å². The van der Waals surface area contributed by atoms with Crippen LogP contribution < -0.4 is 0 Å². The molecule has 0 fully saturated rings. The minimum absolute atomic E-state index is 0.119. The molecule has 84 valence electrons. The lowest BCUT2D eigenvalue weighted by Crippen LogP contribution is -1.89. The van der Waals surface area contributed by atoms with E-state index in [2.05, 4.69) is 4.98 Å². The van der Waals surface area contributed by atoms with Crippen LogP contribution >= 0.6 is 0 Å². The number of aryl methyl sites for hydroxylation is 1. The fourth-order valence-electron chi connectivity index (χ4n) is 1.41. The number of nitrogens with zero attached hydrogens (tertiary/aromatic N) is 1. The first-order valence-corrected chi connectivity index (χ1v) is 5.11. The largest absolute Gasteiger partial charge is 0.448 e. The molecule has 0 saturated heterocycles. The molecule has 2 rings (SSSR count). The number of hydrogen-bond acceptors (Lipinski definition) is 3. The molecule has 0 radical (unpaired) electrons. The third kappa shape index (κ3) is 2.46. The van der Waals surface area contributed by atoms with Gasteiger partial charge in [0.1, 0.15) is 17.8 Å². The SMILES string of the molecule is OCCCc1nc(-c2ccc(F)cc2)co1. The Hall–Kier alpha value is -1.68. The number of benzene rings is 1. The zero-order valence-electron chi connectivity index (χ0n) is 8.69. The van der Waals surface area contributed by atoms with Crippen molar-refractivity contribution in [3.8, 4) is 11.3 Å². The maximum Gasteiger partial charge on any atom is 0.194 e. The van der Waals surface area contributed by atoms with Crippen molar-refractivity contribution >= 4 is 0 Å². The summed E-state index contributed by atoms with van der Waals surface area (Å²) in [6, 6.07) is 6.08. The number of halogens is 1. The van der Waals surface area contributed by atoms with Gasteiger partial charge in [-0.1, -0.05) is 0 Å². The smallest absolute Gasteiger partial charge is 0.194 e. The Morgan fingerprint density at radius 2 is 2.00 bits per heavy atom. The van der Waals surface area contributed by atoms with E-state index in [0.717, 1.165) is 5.56 Å². The van der Waals surface area contributed by atoms with Gasteiger partial charge >= 0.3 is 0 Å². The third-order valence-electron chi connectivity index (χ3n) is 2.24. The van der Waals surface area contributed by atoms with Crippen molar-refractivity contribution in [1.82, 2.24) is 4.98 Å². The van der Waals surface area contributed by atoms with E-state index in [1.54, 1.807) is 18.4 Å². The minimum atomic E-state index is -0.271. The van der Waals surface area contributed by atoms with Crippen molar-refractivity contribution in [3.05, 3.63) is 42.2 Å². The minimum Gasteiger partial charge on any atom is -0.448 e. The topological polar surface area (TPSA) is 46.3 Å². The van der Waals surface area contributed by atoms with Gasteiger partial charge in [0.05, 0.1) is 0 Å². The zero-order chi connectivity index (χ0) is 11.4. The van der Waals surface area contributed by atoms with E-state index in [1.807, 2.05) is 0 Å². The molecule has 1 N–H and O–H groups in total. The lowest BCUT2D eigenvalue weighted by Gasteiger charge is -1.94. The molecular formula is C12H12FNO2. The van der Waals surface area contributed by atoms with Gasteiger partial charge in [-0.15, -0.1) is 0 Å². The summed E-state index contributed by atoms with van der Waals surface area (Å²) in [6.45, 7) is 0.119. The summed E-state index contributed by atoms with van der Waals surface area (Å²) in [5, 5.41) is 8.67. The van der Waals surface area contributed by atoms with Gasteiger partial charge in [0.2, 0.25) is 0 Å². The standard InChI is InChI=1S/C12H12FNO2/c13-10-5-3-9(4-6-10)11-8-16-12(14-11)2-1-7-15/h3-6,8,15H,1-2,7H2. The van der Waals surface area contributed by atoms with Crippen LogP contribution in [-0.2, 0) is 6.42 Å². The van der Waals surface area contributed by atoms with E-state index >= 15 is 0 Å². The molecule has 1 aromatic heterocycles. The number of hydrogen-bond donors (Lipinski definition) is 1. The van der Waals surface area contributed by atoms with E-state index in [0.29, 0.717) is 24.4 Å². The van der Waals surface area contributed by atoms with Crippen molar-refractivity contribution < 1.29 is 13.9 Å². The van der Waals surface area contributed by atoms with Crippen LogP contribution in [0.1, 0.15) is 12.3 Å². The van der Waals surface area contributed by atoms with Crippen molar-refractivity contribution in [1.29, 1.82) is 0 Å². The molecule has 1 aromatic carbocycles. The molecule has 0 spiro atoms. The van der Waals surface area contributed by atoms with Gasteiger partial charge in [-0.2, -0.15) is 0 Å². The first-order valence-electron chi connectivity index (χ1n) is 5.11. The molecular weight excluding hydrogens is 209 g/mol. The molecule has 0 bridgehead atoms. The van der Waals surface area contributed by atoms with Gasteiger partial charge in [-0.3, -0.25) is 0 Å². The average Bonchev–Trinajstić information content (AvgIpc) is 2.76. The highest BCUT2D eigenvalue weighted by Crippen LogP contribution is 2.19. The lowest BCUT2D eigenvalue weighted by molar-refractivity contribution is 0.283. The Labute approximate surface area is 92.6 Å². The van der Waals surface area contributed by atoms with Crippen LogP contribution in [0.5, 0.6) is 0 Å². The van der Waals surface area contributed by atoms with E-state index in [-0.39, 0.29) is 12.4 Å². The number of aromatic nitrogens is 1. The number of aliphatic hydroxyl groups is 1. The molecule has 0 atom stereocenters. The summed E-state index contributed by atoms with van der Waals surface area (Å²) in [6.07, 6.45) is 2.78. The van der Waals surface area contributed by atoms with Crippen LogP contribution in [0.4, 0.5) is 4.39 Å². The fourth-order valence-corrected chi connectivity index (χ4v) is 1.41. The Morgan fingerprint density at radius 3 is 2.69 bits per heavy atom. The predicted octanol–water partition coefficient (Wildman–Crippen LogP) is 2.41. The Bertz CT molecular complexity index is 450. The van der Waals surface area contributed by atoms with Gasteiger partial charge < -0.3 is 9.52 Å². The highest BCUT2D eigenvalue weighted by molar-refractivity contribution is 5.57. The predicted molar refractivity (Wildman–Crippen MR) is 57.3 cm³/mol. The second-order valence-electron chi connectivity index (χ2n) is 3.46. The van der Waals surface area contributed by atoms with Gasteiger partial charge in [0.25, 0.3) is 0 Å². The Kier molecular flexibility index (Phi) is 3.31. The van der Waals surface area contributed by atoms with Gasteiger partial charge in [-0.05, 0) is 30.7 Å². The summed E-state index contributed by atoms with van der Waals surface area (Å²) in [7, 11) is 0. The summed E-state index contributed by atoms with van der Waals surface area (Å²) in [5.74, 6) is 0.320. The zero-order valence-corrected chi connectivity index (χ0v) is 8.69. The van der Waals surface area contributed by atoms with Crippen LogP contribution in [0.25, 0.3) is 11.3 Å². The molecule has 0 saturated carbocycles. The molecule has 3 nitrogen and oxygen atoms in total. The summed E-state index contributed by atoms with van der Waals surface area (Å²) < 4.78 is 17.9. The highest BCUT2D eigenvalue weighted by atomic mass is 19.1. The van der Waals surface area contributed by atoms with Crippen molar-refractivity contribution in [3.63, 3.8) is 0 Å². The van der Waals surface area contributed by atoms with Gasteiger partial charge in [-0.25, -0.2) is 9.37 Å². The van der Waals surface area contributed by atoms with Crippen LogP contribution in [0.15, 0.2) is 34.9 Å². The molecule has 16 heavy (non-hydrogen) atoms. The molecule has 0 amide bonds. The molecule has 0 aliphatic rings. The molecule has 2 aromatic rings. The second kappa shape index (κ2) is 4.90. The maximum absolute atomic E-state index is 12.7. The first kappa shape index (κ1) is 10.8. The van der Waals surface area contributed by atoms with Crippen LogP contribution in [0.2, 0.25) is 0 Å². The van der Waals surface area contributed by atoms with E-state index < -0.39 is 0 Å². The number of rotatable bonds is 4. The Morgan fingerprint density at radius 1 is 1.25 bits per heavy atom. The molecule has 0 aliphatic heterocycles. The molecule has 0 aliphatic carbocycles. The Balaban J connectivity index is 2.15. The number of oxazole rings is 1. The summed E-state index contributed by atoms with van der Waals surface area (Å²) in [4.78, 5) is 4.25. The van der Waals surface area contributed by atoms with Gasteiger partial charge in [0.15, 0.2) is 5.89 Å². The summed E-state index contributed by atoms with van der Waals surface area (Å²) in [5.41, 5.74) is 1.51.